The molecule has 1 aromatic heterocycles. The molecule has 2 aromatic rings. The third kappa shape index (κ3) is 2.06. The highest BCUT2D eigenvalue weighted by Crippen LogP contribution is 2.35. The van der Waals surface area contributed by atoms with E-state index in [0.29, 0.717) is 10.6 Å². The first-order valence-corrected chi connectivity index (χ1v) is 6.41. The van der Waals surface area contributed by atoms with E-state index in [9.17, 15) is 4.79 Å². The largest absolute Gasteiger partial charge is 0.359 e. The van der Waals surface area contributed by atoms with Gasteiger partial charge < -0.3 is 10.3 Å². The van der Waals surface area contributed by atoms with Crippen LogP contribution in [0.2, 0.25) is 5.02 Å². The second kappa shape index (κ2) is 4.28. The summed E-state index contributed by atoms with van der Waals surface area (Å²) in [6.45, 7) is 4.01. The van der Waals surface area contributed by atoms with Crippen LogP contribution >= 0.6 is 11.6 Å². The van der Waals surface area contributed by atoms with Crippen LogP contribution in [0.15, 0.2) is 24.3 Å². The molecule has 0 atom stereocenters. The number of halogens is 1. The van der Waals surface area contributed by atoms with Crippen LogP contribution in [-0.4, -0.2) is 10.9 Å². The molecule has 1 aliphatic rings. The molecule has 2 heterocycles. The highest BCUT2D eigenvalue weighted by Gasteiger charge is 2.24. The Morgan fingerprint density at radius 1 is 1.21 bits per heavy atom. The van der Waals surface area contributed by atoms with Gasteiger partial charge in [0.1, 0.15) is 0 Å². The molecule has 19 heavy (non-hydrogen) atoms. The van der Waals surface area contributed by atoms with Gasteiger partial charge in [-0.25, -0.2) is 0 Å². The number of benzene rings is 1. The molecule has 0 saturated carbocycles. The minimum Gasteiger partial charge on any atom is -0.359 e. The number of hydrogen-bond acceptors (Lipinski definition) is 1. The minimum absolute atomic E-state index is 0.0936. The Morgan fingerprint density at radius 3 is 2.68 bits per heavy atom. The van der Waals surface area contributed by atoms with Gasteiger partial charge in [-0.2, -0.15) is 0 Å². The van der Waals surface area contributed by atoms with Crippen LogP contribution in [0.3, 0.4) is 0 Å². The molecule has 0 bridgehead atoms. The van der Waals surface area contributed by atoms with Crippen LogP contribution in [0.4, 0.5) is 5.69 Å². The maximum Gasteiger partial charge on any atom is 0.256 e. The lowest BCUT2D eigenvalue weighted by Gasteiger charge is -1.99. The van der Waals surface area contributed by atoms with Crippen molar-refractivity contribution < 1.29 is 4.79 Å². The van der Waals surface area contributed by atoms with Crippen molar-refractivity contribution in [2.75, 3.05) is 5.32 Å². The minimum atomic E-state index is -0.0936. The van der Waals surface area contributed by atoms with Gasteiger partial charge in [0.15, 0.2) is 0 Å². The zero-order valence-electron chi connectivity index (χ0n) is 10.7. The molecule has 0 radical (unpaired) electrons. The second-order valence-electron chi connectivity index (χ2n) is 4.75. The molecule has 1 aliphatic heterocycles. The van der Waals surface area contributed by atoms with Crippen molar-refractivity contribution in [3.8, 4) is 0 Å². The Kier molecular flexibility index (Phi) is 2.72. The number of aromatic nitrogens is 1. The number of nitrogens with one attached hydrogen (secondary N) is 2. The van der Waals surface area contributed by atoms with Gasteiger partial charge in [-0.1, -0.05) is 11.6 Å². The van der Waals surface area contributed by atoms with Crippen molar-refractivity contribution >= 4 is 34.8 Å². The topological polar surface area (TPSA) is 44.9 Å². The summed E-state index contributed by atoms with van der Waals surface area (Å²) < 4.78 is 0. The number of carbonyl (C=O) groups is 1. The van der Waals surface area contributed by atoms with Gasteiger partial charge in [-0.3, -0.25) is 4.79 Å². The van der Waals surface area contributed by atoms with E-state index in [2.05, 4.69) is 16.4 Å². The lowest BCUT2D eigenvalue weighted by atomic mass is 10.1. The van der Waals surface area contributed by atoms with Gasteiger partial charge in [0.25, 0.3) is 5.91 Å². The average Bonchev–Trinajstić information content (AvgIpc) is 2.81. The number of hydrogen-bond donors (Lipinski definition) is 2. The smallest absolute Gasteiger partial charge is 0.256 e. The Hall–Kier alpha value is -2.00. The molecule has 1 aromatic carbocycles. The second-order valence-corrected chi connectivity index (χ2v) is 5.19. The number of H-pyrrole nitrogens is 1. The molecule has 0 unspecified atom stereocenters. The number of carbonyl (C=O) groups excluding carboxylic acids is 1. The van der Waals surface area contributed by atoms with Crippen LogP contribution in [0.1, 0.15) is 22.5 Å². The lowest BCUT2D eigenvalue weighted by Crippen LogP contribution is -2.03. The number of fused-ring (bicyclic) bond motifs is 1. The first kappa shape index (κ1) is 12.1. The standard InChI is InChI=1S/C15H13ClN2O/c1-8-5-9(2)17-14(8)7-12-11-6-10(16)3-4-13(11)18-15(12)19/h3-7,17H,1-2H3,(H,18,19). The van der Waals surface area contributed by atoms with Crippen molar-refractivity contribution in [1.82, 2.24) is 4.98 Å². The molecule has 0 spiro atoms. The van der Waals surface area contributed by atoms with Crippen LogP contribution in [0.25, 0.3) is 11.6 Å². The Bertz CT molecular complexity index is 713. The Morgan fingerprint density at radius 2 is 2.00 bits per heavy atom. The van der Waals surface area contributed by atoms with Crippen LogP contribution < -0.4 is 5.32 Å². The summed E-state index contributed by atoms with van der Waals surface area (Å²) in [5.74, 6) is -0.0936. The van der Waals surface area contributed by atoms with E-state index < -0.39 is 0 Å². The van der Waals surface area contributed by atoms with Crippen LogP contribution in [0, 0.1) is 13.8 Å². The van der Waals surface area contributed by atoms with E-state index in [4.69, 9.17) is 11.6 Å². The summed E-state index contributed by atoms with van der Waals surface area (Å²) in [5, 5.41) is 3.47. The van der Waals surface area contributed by atoms with E-state index in [1.54, 1.807) is 6.07 Å². The summed E-state index contributed by atoms with van der Waals surface area (Å²) in [6.07, 6.45) is 1.87. The van der Waals surface area contributed by atoms with Gasteiger partial charge >= 0.3 is 0 Å². The van der Waals surface area contributed by atoms with Crippen molar-refractivity contribution in [1.29, 1.82) is 0 Å². The molecule has 0 fully saturated rings. The molecular formula is C15H13ClN2O. The zero-order chi connectivity index (χ0) is 13.6. The first-order valence-electron chi connectivity index (χ1n) is 6.04. The van der Waals surface area contributed by atoms with Crippen molar-refractivity contribution in [2.45, 2.75) is 13.8 Å². The summed E-state index contributed by atoms with van der Waals surface area (Å²) >= 11 is 6.00. The predicted molar refractivity (Wildman–Crippen MR) is 78.2 cm³/mol. The third-order valence-corrected chi connectivity index (χ3v) is 3.48. The Labute approximate surface area is 116 Å². The number of rotatable bonds is 1. The van der Waals surface area contributed by atoms with Crippen LogP contribution in [-0.2, 0) is 4.79 Å². The zero-order valence-corrected chi connectivity index (χ0v) is 11.4. The van der Waals surface area contributed by atoms with Crippen molar-refractivity contribution in [2.24, 2.45) is 0 Å². The highest BCUT2D eigenvalue weighted by atomic mass is 35.5. The summed E-state index contributed by atoms with van der Waals surface area (Å²) in [6, 6.07) is 7.46. The monoisotopic (exact) mass is 272 g/mol. The fourth-order valence-corrected chi connectivity index (χ4v) is 2.52. The summed E-state index contributed by atoms with van der Waals surface area (Å²) in [4.78, 5) is 15.3. The third-order valence-electron chi connectivity index (χ3n) is 3.24. The SMILES string of the molecule is Cc1cc(C)c(C=C2C(=O)Nc3ccc(Cl)cc32)[nH]1. The highest BCUT2D eigenvalue weighted by molar-refractivity contribution is 6.36. The number of aryl methyl sites for hydroxylation is 2. The van der Waals surface area contributed by atoms with Gasteiger partial charge in [0.2, 0.25) is 0 Å². The van der Waals surface area contributed by atoms with E-state index in [1.165, 1.54) is 0 Å². The first-order chi connectivity index (χ1) is 9.04. The van der Waals surface area contributed by atoms with E-state index in [1.807, 2.05) is 32.1 Å². The van der Waals surface area contributed by atoms with E-state index in [-0.39, 0.29) is 5.91 Å². The van der Waals surface area contributed by atoms with E-state index >= 15 is 0 Å². The summed E-state index contributed by atoms with van der Waals surface area (Å²) in [5.41, 5.74) is 5.45. The molecular weight excluding hydrogens is 260 g/mol. The fourth-order valence-electron chi connectivity index (χ4n) is 2.35. The molecule has 96 valence electrons. The van der Waals surface area contributed by atoms with Gasteiger partial charge in [-0.15, -0.1) is 0 Å². The Balaban J connectivity index is 2.14. The maximum atomic E-state index is 12.0. The predicted octanol–water partition coefficient (Wildman–Crippen LogP) is 3.78. The maximum absolute atomic E-state index is 12.0. The quantitative estimate of drug-likeness (QED) is 0.763. The summed E-state index contributed by atoms with van der Waals surface area (Å²) in [7, 11) is 0. The van der Waals surface area contributed by atoms with Gasteiger partial charge in [0.05, 0.1) is 5.57 Å². The van der Waals surface area contributed by atoms with E-state index in [0.717, 1.165) is 28.2 Å². The molecule has 3 nitrogen and oxygen atoms in total. The lowest BCUT2D eigenvalue weighted by molar-refractivity contribution is -0.110. The molecule has 0 aliphatic carbocycles. The average molecular weight is 273 g/mol. The fraction of sp³-hybridized carbons (Fsp3) is 0.133. The normalized spacial score (nSPS) is 15.7. The molecule has 4 heteroatoms. The van der Waals surface area contributed by atoms with Crippen molar-refractivity contribution in [3.63, 3.8) is 0 Å². The molecule has 3 rings (SSSR count). The van der Waals surface area contributed by atoms with Gasteiger partial charge in [-0.05, 0) is 49.8 Å². The van der Waals surface area contributed by atoms with Gasteiger partial charge in [0, 0.05) is 27.7 Å². The number of amides is 1. The molecule has 2 N–H and O–H groups in total. The number of aromatic amines is 1. The van der Waals surface area contributed by atoms with Crippen molar-refractivity contribution in [3.05, 3.63) is 51.8 Å². The molecule has 1 amide bonds. The molecule has 0 saturated heterocycles. The van der Waals surface area contributed by atoms with Crippen LogP contribution in [0.5, 0.6) is 0 Å². The number of anilines is 1.